The van der Waals surface area contributed by atoms with Crippen molar-refractivity contribution in [3.05, 3.63) is 59.2 Å². The number of hydrogen-bond donors (Lipinski definition) is 2. The molecule has 2 aromatic carbocycles. The lowest BCUT2D eigenvalue weighted by Crippen LogP contribution is -2.23. The fraction of sp³-hybridized carbons (Fsp3) is 0.333. The second-order valence-corrected chi connectivity index (χ2v) is 5.41. The van der Waals surface area contributed by atoms with E-state index in [1.807, 2.05) is 37.3 Å². The lowest BCUT2D eigenvalue weighted by atomic mass is 10.0. The van der Waals surface area contributed by atoms with Crippen molar-refractivity contribution in [2.45, 2.75) is 32.9 Å². The van der Waals surface area contributed by atoms with Crippen molar-refractivity contribution in [3.8, 4) is 11.5 Å². The van der Waals surface area contributed by atoms with Crippen LogP contribution in [0.4, 0.5) is 0 Å². The summed E-state index contributed by atoms with van der Waals surface area (Å²) in [5.74, 6) is 1.20. The zero-order valence-electron chi connectivity index (χ0n) is 13.1. The Morgan fingerprint density at radius 1 is 1.00 bits per heavy atom. The molecule has 2 aromatic rings. The lowest BCUT2D eigenvalue weighted by Gasteiger charge is -2.23. The Morgan fingerprint density at radius 3 is 2.38 bits per heavy atom. The number of phenols is 1. The Hall–Kier alpha value is -2.00. The Morgan fingerprint density at radius 2 is 1.67 bits per heavy atom. The van der Waals surface area contributed by atoms with Crippen LogP contribution in [0.2, 0.25) is 0 Å². The third-order valence-corrected chi connectivity index (χ3v) is 3.75. The number of aryl methyl sites for hydroxylation is 1. The number of para-hydroxylation sites is 1. The predicted molar refractivity (Wildman–Crippen MR) is 85.8 cm³/mol. The first kappa shape index (κ1) is 15.4. The van der Waals surface area contributed by atoms with E-state index in [9.17, 15) is 5.11 Å². The molecule has 0 aliphatic carbocycles. The maximum absolute atomic E-state index is 10.0. The van der Waals surface area contributed by atoms with E-state index in [4.69, 9.17) is 4.74 Å². The SMILES string of the molecule is COc1ccccc1[C@@H](C)NC(C)c1cc(C)ccc1O. The summed E-state index contributed by atoms with van der Waals surface area (Å²) in [7, 11) is 1.68. The van der Waals surface area contributed by atoms with Gasteiger partial charge in [-0.3, -0.25) is 0 Å². The van der Waals surface area contributed by atoms with E-state index in [-0.39, 0.29) is 12.1 Å². The van der Waals surface area contributed by atoms with Crippen molar-refractivity contribution in [1.29, 1.82) is 0 Å². The van der Waals surface area contributed by atoms with Crippen LogP contribution in [0, 0.1) is 6.92 Å². The minimum absolute atomic E-state index is 0.0461. The van der Waals surface area contributed by atoms with Gasteiger partial charge in [0.25, 0.3) is 0 Å². The topological polar surface area (TPSA) is 41.5 Å². The van der Waals surface area contributed by atoms with Crippen LogP contribution < -0.4 is 10.1 Å². The van der Waals surface area contributed by atoms with Crippen LogP contribution in [0.15, 0.2) is 42.5 Å². The molecule has 112 valence electrons. The molecule has 3 nitrogen and oxygen atoms in total. The maximum Gasteiger partial charge on any atom is 0.123 e. The van der Waals surface area contributed by atoms with Crippen LogP contribution in [-0.2, 0) is 0 Å². The molecule has 2 atom stereocenters. The summed E-state index contributed by atoms with van der Waals surface area (Å²) in [6, 6.07) is 13.8. The zero-order chi connectivity index (χ0) is 15.4. The van der Waals surface area contributed by atoms with E-state index < -0.39 is 0 Å². The van der Waals surface area contributed by atoms with E-state index >= 15 is 0 Å². The largest absolute Gasteiger partial charge is 0.508 e. The third-order valence-electron chi connectivity index (χ3n) is 3.75. The fourth-order valence-electron chi connectivity index (χ4n) is 2.60. The quantitative estimate of drug-likeness (QED) is 0.868. The molecule has 0 saturated heterocycles. The Labute approximate surface area is 126 Å². The minimum atomic E-state index is 0.0461. The van der Waals surface area contributed by atoms with Gasteiger partial charge in [-0.1, -0.05) is 35.9 Å². The molecule has 0 radical (unpaired) electrons. The smallest absolute Gasteiger partial charge is 0.123 e. The number of hydrogen-bond acceptors (Lipinski definition) is 3. The molecule has 0 amide bonds. The average molecular weight is 285 g/mol. The van der Waals surface area contributed by atoms with E-state index in [0.29, 0.717) is 5.75 Å². The highest BCUT2D eigenvalue weighted by molar-refractivity contribution is 5.39. The first-order chi connectivity index (χ1) is 10.0. The summed E-state index contributed by atoms with van der Waals surface area (Å²) in [5, 5.41) is 13.5. The van der Waals surface area contributed by atoms with Gasteiger partial charge in [-0.2, -0.15) is 0 Å². The van der Waals surface area contributed by atoms with Gasteiger partial charge in [-0.05, 0) is 32.9 Å². The van der Waals surface area contributed by atoms with Gasteiger partial charge < -0.3 is 15.2 Å². The first-order valence-corrected chi connectivity index (χ1v) is 7.21. The van der Waals surface area contributed by atoms with Crippen LogP contribution in [0.3, 0.4) is 0 Å². The van der Waals surface area contributed by atoms with E-state index in [1.165, 1.54) is 0 Å². The highest BCUT2D eigenvalue weighted by atomic mass is 16.5. The van der Waals surface area contributed by atoms with Crippen LogP contribution in [-0.4, -0.2) is 12.2 Å². The Bertz CT molecular complexity index is 610. The molecular weight excluding hydrogens is 262 g/mol. The molecule has 0 bridgehead atoms. The highest BCUT2D eigenvalue weighted by Gasteiger charge is 2.16. The number of aromatic hydroxyl groups is 1. The highest BCUT2D eigenvalue weighted by Crippen LogP contribution is 2.30. The van der Waals surface area contributed by atoms with Crippen molar-refractivity contribution in [1.82, 2.24) is 5.32 Å². The predicted octanol–water partition coefficient (Wildman–Crippen LogP) is 4.12. The van der Waals surface area contributed by atoms with Crippen LogP contribution in [0.1, 0.15) is 42.6 Å². The monoisotopic (exact) mass is 285 g/mol. The molecule has 3 heteroatoms. The summed E-state index contributed by atoms with van der Waals surface area (Å²) < 4.78 is 5.41. The molecule has 1 unspecified atom stereocenters. The van der Waals surface area contributed by atoms with Crippen molar-refractivity contribution in [2.75, 3.05) is 7.11 Å². The van der Waals surface area contributed by atoms with Gasteiger partial charge in [0.2, 0.25) is 0 Å². The van der Waals surface area contributed by atoms with E-state index in [1.54, 1.807) is 13.2 Å². The molecule has 0 spiro atoms. The number of phenolic OH excluding ortho intramolecular Hbond substituents is 1. The molecular formula is C18H23NO2. The van der Waals surface area contributed by atoms with Crippen LogP contribution in [0.25, 0.3) is 0 Å². The van der Waals surface area contributed by atoms with Crippen molar-refractivity contribution in [3.63, 3.8) is 0 Å². The minimum Gasteiger partial charge on any atom is -0.508 e. The van der Waals surface area contributed by atoms with Gasteiger partial charge in [0.1, 0.15) is 11.5 Å². The van der Waals surface area contributed by atoms with Gasteiger partial charge in [-0.15, -0.1) is 0 Å². The Kier molecular flexibility index (Phi) is 4.86. The number of rotatable bonds is 5. The van der Waals surface area contributed by atoms with Crippen LogP contribution in [0.5, 0.6) is 11.5 Å². The first-order valence-electron chi connectivity index (χ1n) is 7.21. The Balaban J connectivity index is 2.18. The molecule has 0 aromatic heterocycles. The van der Waals surface area contributed by atoms with Gasteiger partial charge in [0, 0.05) is 23.2 Å². The van der Waals surface area contributed by atoms with Crippen molar-refractivity contribution < 1.29 is 9.84 Å². The second-order valence-electron chi connectivity index (χ2n) is 5.41. The van der Waals surface area contributed by atoms with Gasteiger partial charge >= 0.3 is 0 Å². The normalized spacial score (nSPS) is 13.7. The number of ether oxygens (including phenoxy) is 1. The molecule has 0 aliphatic heterocycles. The fourth-order valence-corrected chi connectivity index (χ4v) is 2.60. The van der Waals surface area contributed by atoms with E-state index in [0.717, 1.165) is 22.4 Å². The van der Waals surface area contributed by atoms with Gasteiger partial charge in [-0.25, -0.2) is 0 Å². The molecule has 2 rings (SSSR count). The number of nitrogens with one attached hydrogen (secondary N) is 1. The van der Waals surface area contributed by atoms with Crippen LogP contribution >= 0.6 is 0 Å². The standard InChI is InChI=1S/C18H23NO2/c1-12-9-10-17(20)16(11-12)14(3)19-13(2)15-7-5-6-8-18(15)21-4/h5-11,13-14,19-20H,1-4H3/t13-,14?/m1/s1. The maximum atomic E-state index is 10.0. The lowest BCUT2D eigenvalue weighted by molar-refractivity contribution is 0.394. The van der Waals surface area contributed by atoms with Gasteiger partial charge in [0.05, 0.1) is 7.11 Å². The van der Waals surface area contributed by atoms with Crippen molar-refractivity contribution >= 4 is 0 Å². The summed E-state index contributed by atoms with van der Waals surface area (Å²) in [6.45, 7) is 6.18. The molecule has 2 N–H and O–H groups in total. The molecule has 0 aliphatic rings. The summed E-state index contributed by atoms with van der Waals surface area (Å²) >= 11 is 0. The molecule has 0 saturated carbocycles. The number of benzene rings is 2. The van der Waals surface area contributed by atoms with Gasteiger partial charge in [0.15, 0.2) is 0 Å². The number of methoxy groups -OCH3 is 1. The molecule has 21 heavy (non-hydrogen) atoms. The summed E-state index contributed by atoms with van der Waals surface area (Å²) in [6.07, 6.45) is 0. The summed E-state index contributed by atoms with van der Waals surface area (Å²) in [4.78, 5) is 0. The third kappa shape index (κ3) is 3.56. The average Bonchev–Trinajstić information content (AvgIpc) is 2.49. The molecule has 0 fully saturated rings. The second kappa shape index (κ2) is 6.64. The van der Waals surface area contributed by atoms with Crippen molar-refractivity contribution in [2.24, 2.45) is 0 Å². The zero-order valence-corrected chi connectivity index (χ0v) is 13.1. The molecule has 0 heterocycles. The van der Waals surface area contributed by atoms with E-state index in [2.05, 4.69) is 25.2 Å². The summed E-state index contributed by atoms with van der Waals surface area (Å²) in [5.41, 5.74) is 3.16.